The quantitative estimate of drug-likeness (QED) is 0.793. The normalized spacial score (nSPS) is 11.4. The van der Waals surface area contributed by atoms with Crippen LogP contribution in [0.1, 0.15) is 37.7 Å². The van der Waals surface area contributed by atoms with Crippen LogP contribution >= 0.6 is 0 Å². The first-order valence-electron chi connectivity index (χ1n) is 6.37. The molecule has 4 nitrogen and oxygen atoms in total. The molecule has 0 atom stereocenters. The van der Waals surface area contributed by atoms with Crippen molar-refractivity contribution in [1.29, 1.82) is 0 Å². The van der Waals surface area contributed by atoms with Crippen molar-refractivity contribution in [2.24, 2.45) is 5.92 Å². The standard InChI is InChI=1S/C13H25N3O/c1-6-17-9-16-12(5)13(11(4)15-16)8-14-7-10(2)3/h10,14H,6-9H2,1-5H3. The Labute approximate surface area is 104 Å². The number of rotatable bonds is 7. The summed E-state index contributed by atoms with van der Waals surface area (Å²) in [6.07, 6.45) is 0. The van der Waals surface area contributed by atoms with E-state index in [0.29, 0.717) is 12.6 Å². The number of ether oxygens (including phenoxy) is 1. The molecular weight excluding hydrogens is 214 g/mol. The van der Waals surface area contributed by atoms with Crippen LogP contribution in [-0.4, -0.2) is 22.9 Å². The maximum Gasteiger partial charge on any atom is 0.139 e. The van der Waals surface area contributed by atoms with E-state index >= 15 is 0 Å². The minimum Gasteiger partial charge on any atom is -0.360 e. The second kappa shape index (κ2) is 6.77. The lowest BCUT2D eigenvalue weighted by Crippen LogP contribution is -2.19. The molecule has 0 amide bonds. The predicted molar refractivity (Wildman–Crippen MR) is 69.9 cm³/mol. The molecule has 0 bridgehead atoms. The Bertz CT molecular complexity index is 345. The van der Waals surface area contributed by atoms with Gasteiger partial charge in [-0.1, -0.05) is 13.8 Å². The van der Waals surface area contributed by atoms with Gasteiger partial charge in [0.05, 0.1) is 5.69 Å². The first-order valence-corrected chi connectivity index (χ1v) is 6.37. The SMILES string of the molecule is CCOCn1nc(C)c(CNCC(C)C)c1C. The van der Waals surface area contributed by atoms with Crippen molar-refractivity contribution < 1.29 is 4.74 Å². The molecular formula is C13H25N3O. The molecule has 0 spiro atoms. The predicted octanol–water partition coefficient (Wildman–Crippen LogP) is 2.24. The van der Waals surface area contributed by atoms with Crippen molar-refractivity contribution >= 4 is 0 Å². The van der Waals surface area contributed by atoms with Gasteiger partial charge in [0.25, 0.3) is 0 Å². The summed E-state index contributed by atoms with van der Waals surface area (Å²) in [7, 11) is 0. The molecule has 0 aliphatic carbocycles. The van der Waals surface area contributed by atoms with Crippen molar-refractivity contribution in [3.8, 4) is 0 Å². The van der Waals surface area contributed by atoms with Crippen LogP contribution in [0.4, 0.5) is 0 Å². The molecule has 0 unspecified atom stereocenters. The monoisotopic (exact) mass is 239 g/mol. The van der Waals surface area contributed by atoms with Gasteiger partial charge in [-0.25, -0.2) is 4.68 Å². The van der Waals surface area contributed by atoms with Crippen LogP contribution in [0.25, 0.3) is 0 Å². The molecule has 0 fully saturated rings. The smallest absolute Gasteiger partial charge is 0.139 e. The van der Waals surface area contributed by atoms with Crippen LogP contribution in [0.3, 0.4) is 0 Å². The van der Waals surface area contributed by atoms with Gasteiger partial charge >= 0.3 is 0 Å². The van der Waals surface area contributed by atoms with Crippen LogP contribution < -0.4 is 5.32 Å². The lowest BCUT2D eigenvalue weighted by atomic mass is 10.2. The summed E-state index contributed by atoms with van der Waals surface area (Å²) in [4.78, 5) is 0. The lowest BCUT2D eigenvalue weighted by Gasteiger charge is -2.08. The zero-order chi connectivity index (χ0) is 12.8. The van der Waals surface area contributed by atoms with E-state index in [2.05, 4.69) is 38.1 Å². The van der Waals surface area contributed by atoms with E-state index in [-0.39, 0.29) is 0 Å². The molecule has 1 heterocycles. The van der Waals surface area contributed by atoms with Crippen molar-refractivity contribution in [3.05, 3.63) is 17.0 Å². The molecule has 0 aromatic carbocycles. The van der Waals surface area contributed by atoms with Crippen molar-refractivity contribution in [3.63, 3.8) is 0 Å². The highest BCUT2D eigenvalue weighted by Gasteiger charge is 2.10. The third-order valence-corrected chi connectivity index (χ3v) is 2.80. The Hall–Kier alpha value is -0.870. The maximum atomic E-state index is 5.39. The molecule has 0 radical (unpaired) electrons. The zero-order valence-corrected chi connectivity index (χ0v) is 11.7. The van der Waals surface area contributed by atoms with E-state index in [1.165, 1.54) is 11.3 Å². The van der Waals surface area contributed by atoms with Crippen LogP contribution in [0.15, 0.2) is 0 Å². The molecule has 4 heteroatoms. The third kappa shape index (κ3) is 4.13. The molecule has 1 aromatic heterocycles. The molecule has 1 N–H and O–H groups in total. The van der Waals surface area contributed by atoms with Crippen LogP contribution in [0.2, 0.25) is 0 Å². The van der Waals surface area contributed by atoms with Crippen LogP contribution in [0.5, 0.6) is 0 Å². The van der Waals surface area contributed by atoms with Gasteiger partial charge in [-0.2, -0.15) is 5.10 Å². The third-order valence-electron chi connectivity index (χ3n) is 2.80. The number of nitrogens with zero attached hydrogens (tertiary/aromatic N) is 2. The average molecular weight is 239 g/mol. The Morgan fingerprint density at radius 1 is 1.35 bits per heavy atom. The van der Waals surface area contributed by atoms with Gasteiger partial charge in [-0.3, -0.25) is 0 Å². The molecule has 0 aliphatic heterocycles. The fraction of sp³-hybridized carbons (Fsp3) is 0.769. The Balaban J connectivity index is 2.62. The minimum atomic E-state index is 0.549. The zero-order valence-electron chi connectivity index (χ0n) is 11.7. The van der Waals surface area contributed by atoms with E-state index in [0.717, 1.165) is 25.4 Å². The molecule has 98 valence electrons. The molecule has 0 saturated heterocycles. The van der Waals surface area contributed by atoms with Gasteiger partial charge < -0.3 is 10.1 Å². The highest BCUT2D eigenvalue weighted by atomic mass is 16.5. The number of nitrogens with one attached hydrogen (secondary N) is 1. The minimum absolute atomic E-state index is 0.549. The van der Waals surface area contributed by atoms with Crippen molar-refractivity contribution in [2.45, 2.75) is 47.9 Å². The second-order valence-corrected chi connectivity index (χ2v) is 4.80. The second-order valence-electron chi connectivity index (χ2n) is 4.80. The largest absolute Gasteiger partial charge is 0.360 e. The molecule has 0 aliphatic rings. The summed E-state index contributed by atoms with van der Waals surface area (Å²) >= 11 is 0. The summed E-state index contributed by atoms with van der Waals surface area (Å²) in [6.45, 7) is 13.8. The van der Waals surface area contributed by atoms with Crippen LogP contribution in [0, 0.1) is 19.8 Å². The highest BCUT2D eigenvalue weighted by Crippen LogP contribution is 2.12. The summed E-state index contributed by atoms with van der Waals surface area (Å²) in [5.41, 5.74) is 3.59. The summed E-state index contributed by atoms with van der Waals surface area (Å²) in [5.74, 6) is 0.675. The van der Waals surface area contributed by atoms with Crippen LogP contribution in [-0.2, 0) is 18.0 Å². The molecule has 0 saturated carbocycles. The van der Waals surface area contributed by atoms with E-state index in [9.17, 15) is 0 Å². The van der Waals surface area contributed by atoms with Gasteiger partial charge in [0, 0.05) is 24.4 Å². The van der Waals surface area contributed by atoms with Gasteiger partial charge in [0.1, 0.15) is 6.73 Å². The van der Waals surface area contributed by atoms with E-state index in [4.69, 9.17) is 4.74 Å². The van der Waals surface area contributed by atoms with E-state index in [1.54, 1.807) is 0 Å². The van der Waals surface area contributed by atoms with Gasteiger partial charge in [0.2, 0.25) is 0 Å². The molecule has 1 aromatic rings. The van der Waals surface area contributed by atoms with E-state index < -0.39 is 0 Å². The summed E-state index contributed by atoms with van der Waals surface area (Å²) in [5, 5.41) is 7.96. The van der Waals surface area contributed by atoms with Gasteiger partial charge in [-0.05, 0) is 33.2 Å². The van der Waals surface area contributed by atoms with E-state index in [1.807, 2.05) is 11.6 Å². The maximum absolute atomic E-state index is 5.39. The number of aromatic nitrogens is 2. The highest BCUT2D eigenvalue weighted by molar-refractivity contribution is 5.24. The lowest BCUT2D eigenvalue weighted by molar-refractivity contribution is 0.0774. The fourth-order valence-corrected chi connectivity index (χ4v) is 1.78. The Morgan fingerprint density at radius 2 is 2.06 bits per heavy atom. The Morgan fingerprint density at radius 3 is 2.65 bits per heavy atom. The summed E-state index contributed by atoms with van der Waals surface area (Å²) < 4.78 is 7.33. The molecule has 17 heavy (non-hydrogen) atoms. The first kappa shape index (κ1) is 14.2. The van der Waals surface area contributed by atoms with Gasteiger partial charge in [-0.15, -0.1) is 0 Å². The number of aryl methyl sites for hydroxylation is 1. The fourth-order valence-electron chi connectivity index (χ4n) is 1.78. The van der Waals surface area contributed by atoms with Crippen molar-refractivity contribution in [2.75, 3.05) is 13.2 Å². The number of hydrogen-bond donors (Lipinski definition) is 1. The first-order chi connectivity index (χ1) is 8.06. The number of hydrogen-bond acceptors (Lipinski definition) is 3. The topological polar surface area (TPSA) is 39.1 Å². The average Bonchev–Trinajstić information content (AvgIpc) is 2.53. The Kier molecular flexibility index (Phi) is 5.65. The molecule has 1 rings (SSSR count). The van der Waals surface area contributed by atoms with Gasteiger partial charge in [0.15, 0.2) is 0 Å². The summed E-state index contributed by atoms with van der Waals surface area (Å²) in [6, 6.07) is 0. The van der Waals surface area contributed by atoms with Crippen molar-refractivity contribution in [1.82, 2.24) is 15.1 Å².